The summed E-state index contributed by atoms with van der Waals surface area (Å²) in [6, 6.07) is 11.9. The summed E-state index contributed by atoms with van der Waals surface area (Å²) < 4.78 is 2.95. The van der Waals surface area contributed by atoms with Gasteiger partial charge < -0.3 is 0 Å². The van der Waals surface area contributed by atoms with Crippen molar-refractivity contribution in [1.82, 2.24) is 9.38 Å². The molecule has 2 aromatic heterocycles. The van der Waals surface area contributed by atoms with Crippen molar-refractivity contribution in [2.24, 2.45) is 10.2 Å². The normalized spacial score (nSPS) is 11.9. The first kappa shape index (κ1) is 14.9. The highest BCUT2D eigenvalue weighted by Gasteiger charge is 2.15. The van der Waals surface area contributed by atoms with Gasteiger partial charge in [-0.15, -0.1) is 10.2 Å². The maximum atomic E-state index is 4.67. The molecule has 0 saturated carbocycles. The van der Waals surface area contributed by atoms with Crippen LogP contribution in [0.1, 0.15) is 31.0 Å². The van der Waals surface area contributed by atoms with E-state index in [-0.39, 0.29) is 5.92 Å². The molecule has 0 bridgehead atoms. The van der Waals surface area contributed by atoms with E-state index in [1.165, 1.54) is 5.56 Å². The molecule has 0 aliphatic rings. The average Bonchev–Trinajstić information content (AvgIpc) is 2.85. The Balaban J connectivity index is 2.09. The maximum Gasteiger partial charge on any atom is 0.183 e. The monoisotopic (exact) mass is 356 g/mol. The highest BCUT2D eigenvalue weighted by Crippen LogP contribution is 2.30. The van der Waals surface area contributed by atoms with Crippen LogP contribution in [0.2, 0.25) is 0 Å². The van der Waals surface area contributed by atoms with E-state index in [1.807, 2.05) is 47.0 Å². The molecular formula is C17H17BrN4. The number of azo groups is 1. The van der Waals surface area contributed by atoms with Gasteiger partial charge in [0.15, 0.2) is 5.82 Å². The smallest absolute Gasteiger partial charge is 0.183 e. The second kappa shape index (κ2) is 6.01. The standard InChI is InChI=1S/C17H17BrN4/c1-11(2)16-17(21-20-14-7-4-12(3)5-8-14)22-10-13(18)6-9-15(22)19-16/h4-11H,1-3H3. The van der Waals surface area contributed by atoms with E-state index in [0.717, 1.165) is 27.3 Å². The molecule has 0 fully saturated rings. The quantitative estimate of drug-likeness (QED) is 0.535. The van der Waals surface area contributed by atoms with E-state index in [1.54, 1.807) is 0 Å². The third kappa shape index (κ3) is 2.95. The van der Waals surface area contributed by atoms with E-state index < -0.39 is 0 Å². The van der Waals surface area contributed by atoms with E-state index in [4.69, 9.17) is 0 Å². The van der Waals surface area contributed by atoms with Gasteiger partial charge in [-0.05, 0) is 53.0 Å². The number of hydrogen-bond acceptors (Lipinski definition) is 3. The Morgan fingerprint density at radius 3 is 2.45 bits per heavy atom. The molecule has 5 heteroatoms. The second-order valence-corrected chi connectivity index (χ2v) is 6.50. The number of halogens is 1. The van der Waals surface area contributed by atoms with Crippen molar-refractivity contribution in [2.75, 3.05) is 0 Å². The summed E-state index contributed by atoms with van der Waals surface area (Å²) in [6.45, 7) is 6.28. The first-order valence-corrected chi connectivity index (χ1v) is 8.00. The summed E-state index contributed by atoms with van der Waals surface area (Å²) in [5.41, 5.74) is 3.88. The third-order valence-electron chi connectivity index (χ3n) is 3.42. The van der Waals surface area contributed by atoms with Gasteiger partial charge in [0.2, 0.25) is 0 Å². The lowest BCUT2D eigenvalue weighted by atomic mass is 10.1. The highest BCUT2D eigenvalue weighted by molar-refractivity contribution is 9.10. The first-order valence-electron chi connectivity index (χ1n) is 7.20. The van der Waals surface area contributed by atoms with Crippen LogP contribution in [0.3, 0.4) is 0 Å². The van der Waals surface area contributed by atoms with Crippen LogP contribution in [-0.2, 0) is 0 Å². The van der Waals surface area contributed by atoms with Gasteiger partial charge in [0.1, 0.15) is 5.65 Å². The summed E-state index contributed by atoms with van der Waals surface area (Å²) in [5.74, 6) is 1.07. The topological polar surface area (TPSA) is 42.0 Å². The van der Waals surface area contributed by atoms with Crippen molar-refractivity contribution in [2.45, 2.75) is 26.7 Å². The molecule has 0 aliphatic heterocycles. The SMILES string of the molecule is Cc1ccc(N=Nc2c(C(C)C)nc3ccc(Br)cn23)cc1. The molecule has 112 valence electrons. The Bertz CT molecular complexity index is 832. The molecule has 3 aromatic rings. The number of aromatic nitrogens is 2. The zero-order valence-corrected chi connectivity index (χ0v) is 14.4. The molecule has 1 aromatic carbocycles. The second-order valence-electron chi connectivity index (χ2n) is 5.59. The van der Waals surface area contributed by atoms with Gasteiger partial charge >= 0.3 is 0 Å². The number of hydrogen-bond donors (Lipinski definition) is 0. The predicted octanol–water partition coefficient (Wildman–Crippen LogP) is 5.94. The Hall–Kier alpha value is -2.01. The largest absolute Gasteiger partial charge is 0.282 e. The minimum absolute atomic E-state index is 0.283. The molecule has 0 N–H and O–H groups in total. The van der Waals surface area contributed by atoms with Gasteiger partial charge in [0.25, 0.3) is 0 Å². The van der Waals surface area contributed by atoms with Crippen LogP contribution in [0.25, 0.3) is 5.65 Å². The van der Waals surface area contributed by atoms with Crippen LogP contribution in [0.5, 0.6) is 0 Å². The fraction of sp³-hybridized carbons (Fsp3) is 0.235. The lowest BCUT2D eigenvalue weighted by molar-refractivity contribution is 0.831. The minimum Gasteiger partial charge on any atom is -0.282 e. The van der Waals surface area contributed by atoms with Crippen LogP contribution < -0.4 is 0 Å². The van der Waals surface area contributed by atoms with Gasteiger partial charge in [-0.3, -0.25) is 4.40 Å². The summed E-state index contributed by atoms with van der Waals surface area (Å²) in [4.78, 5) is 4.67. The number of aryl methyl sites for hydroxylation is 1. The molecule has 4 nitrogen and oxygen atoms in total. The van der Waals surface area contributed by atoms with Crippen LogP contribution in [0.4, 0.5) is 11.5 Å². The van der Waals surface area contributed by atoms with Crippen molar-refractivity contribution >= 4 is 33.1 Å². The molecule has 0 spiro atoms. The van der Waals surface area contributed by atoms with Crippen LogP contribution in [0, 0.1) is 6.92 Å². The first-order chi connectivity index (χ1) is 10.5. The van der Waals surface area contributed by atoms with E-state index in [9.17, 15) is 0 Å². The molecule has 2 heterocycles. The summed E-state index contributed by atoms with van der Waals surface area (Å²) in [5, 5.41) is 8.82. The number of nitrogens with zero attached hydrogens (tertiary/aromatic N) is 4. The van der Waals surface area contributed by atoms with Crippen LogP contribution in [-0.4, -0.2) is 9.38 Å². The van der Waals surface area contributed by atoms with Crippen molar-refractivity contribution in [3.8, 4) is 0 Å². The third-order valence-corrected chi connectivity index (χ3v) is 3.89. The molecule has 0 radical (unpaired) electrons. The van der Waals surface area contributed by atoms with Gasteiger partial charge in [-0.2, -0.15) is 0 Å². The zero-order chi connectivity index (χ0) is 15.7. The molecule has 3 rings (SSSR count). The Morgan fingerprint density at radius 2 is 1.77 bits per heavy atom. The molecule has 0 saturated heterocycles. The number of imidazole rings is 1. The molecule has 0 aliphatic carbocycles. The van der Waals surface area contributed by atoms with Crippen molar-refractivity contribution in [3.05, 3.63) is 58.3 Å². The van der Waals surface area contributed by atoms with Crippen molar-refractivity contribution in [1.29, 1.82) is 0 Å². The molecular weight excluding hydrogens is 340 g/mol. The molecule has 22 heavy (non-hydrogen) atoms. The fourth-order valence-corrected chi connectivity index (χ4v) is 2.56. The zero-order valence-electron chi connectivity index (χ0n) is 12.8. The minimum atomic E-state index is 0.283. The van der Waals surface area contributed by atoms with Crippen molar-refractivity contribution < 1.29 is 0 Å². The lowest BCUT2D eigenvalue weighted by Gasteiger charge is -2.02. The Kier molecular flexibility index (Phi) is 4.07. The van der Waals surface area contributed by atoms with Crippen LogP contribution >= 0.6 is 15.9 Å². The number of fused-ring (bicyclic) bond motifs is 1. The van der Waals surface area contributed by atoms with Gasteiger partial charge in [-0.25, -0.2) is 4.98 Å². The number of pyridine rings is 1. The van der Waals surface area contributed by atoms with Crippen LogP contribution in [0.15, 0.2) is 57.3 Å². The highest BCUT2D eigenvalue weighted by atomic mass is 79.9. The lowest BCUT2D eigenvalue weighted by Crippen LogP contribution is -1.87. The summed E-state index contributed by atoms with van der Waals surface area (Å²) in [7, 11) is 0. The fourth-order valence-electron chi connectivity index (χ4n) is 2.23. The van der Waals surface area contributed by atoms with E-state index >= 15 is 0 Å². The Morgan fingerprint density at radius 1 is 1.05 bits per heavy atom. The summed E-state index contributed by atoms with van der Waals surface area (Å²) >= 11 is 3.50. The predicted molar refractivity (Wildman–Crippen MR) is 92.3 cm³/mol. The van der Waals surface area contributed by atoms with Gasteiger partial charge in [-0.1, -0.05) is 31.5 Å². The molecule has 0 atom stereocenters. The van der Waals surface area contributed by atoms with E-state index in [0.29, 0.717) is 0 Å². The Labute approximate surface area is 138 Å². The molecule has 0 amide bonds. The maximum absolute atomic E-state index is 4.67. The summed E-state index contributed by atoms with van der Waals surface area (Å²) in [6.07, 6.45) is 1.97. The average molecular weight is 357 g/mol. The van der Waals surface area contributed by atoms with E-state index in [2.05, 4.69) is 51.9 Å². The number of benzene rings is 1. The molecule has 0 unspecified atom stereocenters. The van der Waals surface area contributed by atoms with Crippen molar-refractivity contribution in [3.63, 3.8) is 0 Å². The van der Waals surface area contributed by atoms with Gasteiger partial charge in [0, 0.05) is 10.7 Å². The number of rotatable bonds is 3. The van der Waals surface area contributed by atoms with Gasteiger partial charge in [0.05, 0.1) is 11.4 Å².